The van der Waals surface area contributed by atoms with E-state index in [-0.39, 0.29) is 22.5 Å². The van der Waals surface area contributed by atoms with Crippen LogP contribution < -0.4 is 0 Å². The lowest BCUT2D eigenvalue weighted by molar-refractivity contribution is -0.439. The number of allylic oxidation sites excluding steroid dienone is 1. The van der Waals surface area contributed by atoms with E-state index in [1.165, 1.54) is 6.92 Å². The molecule has 1 saturated heterocycles. The third-order valence-electron chi connectivity index (χ3n) is 4.44. The lowest BCUT2D eigenvalue weighted by Gasteiger charge is -2.36. The van der Waals surface area contributed by atoms with Crippen LogP contribution in [0, 0.1) is 16.0 Å². The number of rotatable bonds is 4. The van der Waals surface area contributed by atoms with E-state index >= 15 is 0 Å². The van der Waals surface area contributed by atoms with Gasteiger partial charge in [0.25, 0.3) is 5.70 Å². The molecule has 25 heavy (non-hydrogen) atoms. The van der Waals surface area contributed by atoms with Gasteiger partial charge in [0, 0.05) is 39.2 Å². The molecule has 0 amide bonds. The Morgan fingerprint density at radius 3 is 2.84 bits per heavy atom. The largest absolute Gasteiger partial charge is 0.442 e. The van der Waals surface area contributed by atoms with Crippen molar-refractivity contribution in [2.75, 3.05) is 13.1 Å². The minimum absolute atomic E-state index is 0.169. The summed E-state index contributed by atoms with van der Waals surface area (Å²) < 4.78 is 5.39. The van der Waals surface area contributed by atoms with Crippen molar-refractivity contribution in [1.29, 1.82) is 0 Å². The first-order valence-corrected chi connectivity index (χ1v) is 8.42. The van der Waals surface area contributed by atoms with Gasteiger partial charge in [-0.1, -0.05) is 24.6 Å². The fraction of sp³-hybridized carbons (Fsp3) is 0.500. The molecule has 1 fully saturated rings. The minimum Gasteiger partial charge on any atom is -0.442 e. The van der Waals surface area contributed by atoms with Gasteiger partial charge in [-0.05, 0) is 11.6 Å². The van der Waals surface area contributed by atoms with Crippen molar-refractivity contribution in [3.8, 4) is 0 Å². The number of carbonyl (C=O) groups is 1. The summed E-state index contributed by atoms with van der Waals surface area (Å²) in [6.07, 6.45) is 1.60. The predicted molar refractivity (Wildman–Crippen MR) is 89.7 cm³/mol. The van der Waals surface area contributed by atoms with Crippen LogP contribution in [0.4, 0.5) is 0 Å². The molecule has 0 saturated carbocycles. The third kappa shape index (κ3) is 3.53. The summed E-state index contributed by atoms with van der Waals surface area (Å²) >= 11 is 5.81. The number of fused-ring (bicyclic) bond motifs is 1. The molecule has 2 unspecified atom stereocenters. The average Bonchev–Trinajstić information content (AvgIpc) is 2.92. The van der Waals surface area contributed by atoms with E-state index in [4.69, 9.17) is 16.3 Å². The van der Waals surface area contributed by atoms with Gasteiger partial charge in [-0.15, -0.1) is 0 Å². The Morgan fingerprint density at radius 2 is 2.24 bits per heavy atom. The van der Waals surface area contributed by atoms with E-state index in [2.05, 4.69) is 4.98 Å². The summed E-state index contributed by atoms with van der Waals surface area (Å²) in [7, 11) is 0. The van der Waals surface area contributed by atoms with Crippen LogP contribution in [-0.4, -0.2) is 45.0 Å². The van der Waals surface area contributed by atoms with Crippen molar-refractivity contribution >= 4 is 17.6 Å². The second-order valence-electron chi connectivity index (χ2n) is 6.27. The highest BCUT2D eigenvalue weighted by Crippen LogP contribution is 2.37. The zero-order valence-corrected chi connectivity index (χ0v) is 14.8. The van der Waals surface area contributed by atoms with Crippen LogP contribution in [0.2, 0.25) is 5.15 Å². The summed E-state index contributed by atoms with van der Waals surface area (Å²) in [5, 5.41) is 12.0. The number of halogens is 1. The van der Waals surface area contributed by atoms with Crippen LogP contribution in [-0.2, 0) is 16.1 Å². The fourth-order valence-corrected chi connectivity index (χ4v) is 3.52. The molecule has 8 nitrogen and oxygen atoms in total. The number of ether oxygens (including phenoxy) is 1. The Kier molecular flexibility index (Phi) is 4.80. The maximum atomic E-state index is 11.6. The number of hydrogen-bond acceptors (Lipinski definition) is 7. The third-order valence-corrected chi connectivity index (χ3v) is 4.67. The molecule has 2 aliphatic rings. The minimum atomic E-state index is -0.473. The standard InChI is InChI=1S/C16H19ClN4O4/c1-10-7-14(25-11(2)22)20-6-5-19(16(20)15(10)21(23)24)9-12-3-4-13(17)18-8-12/h3-4,8,10,14H,5-7,9H2,1-2H3. The Morgan fingerprint density at radius 1 is 1.48 bits per heavy atom. The molecule has 3 rings (SSSR count). The van der Waals surface area contributed by atoms with Crippen molar-refractivity contribution < 1.29 is 14.5 Å². The molecule has 9 heteroatoms. The first-order chi connectivity index (χ1) is 11.9. The first kappa shape index (κ1) is 17.5. The van der Waals surface area contributed by atoms with Crippen LogP contribution >= 0.6 is 11.6 Å². The van der Waals surface area contributed by atoms with Crippen molar-refractivity contribution in [3.05, 3.63) is 50.7 Å². The second-order valence-corrected chi connectivity index (χ2v) is 6.66. The monoisotopic (exact) mass is 366 g/mol. The number of nitrogens with zero attached hydrogens (tertiary/aromatic N) is 4. The zero-order chi connectivity index (χ0) is 18.1. The number of carbonyl (C=O) groups excluding carboxylic acids is 1. The van der Waals surface area contributed by atoms with Crippen LogP contribution in [0.1, 0.15) is 25.8 Å². The number of aromatic nitrogens is 1. The molecule has 1 aromatic heterocycles. The highest BCUT2D eigenvalue weighted by Gasteiger charge is 2.46. The molecule has 2 atom stereocenters. The second kappa shape index (κ2) is 6.87. The molecule has 134 valence electrons. The van der Waals surface area contributed by atoms with E-state index < -0.39 is 6.23 Å². The Labute approximate surface area is 150 Å². The quantitative estimate of drug-likeness (QED) is 0.349. The van der Waals surface area contributed by atoms with E-state index in [1.807, 2.05) is 15.9 Å². The van der Waals surface area contributed by atoms with Gasteiger partial charge in [0.2, 0.25) is 0 Å². The van der Waals surface area contributed by atoms with Gasteiger partial charge in [0.05, 0.1) is 10.8 Å². The summed E-state index contributed by atoms with van der Waals surface area (Å²) in [5.74, 6) is -0.166. The summed E-state index contributed by atoms with van der Waals surface area (Å²) in [4.78, 5) is 30.5. The van der Waals surface area contributed by atoms with Crippen LogP contribution in [0.3, 0.4) is 0 Å². The normalized spacial score (nSPS) is 22.8. The number of hydrogen-bond donors (Lipinski definition) is 0. The molecule has 0 bridgehead atoms. The topological polar surface area (TPSA) is 88.8 Å². The number of nitro groups is 1. The predicted octanol–water partition coefficient (Wildman–Crippen LogP) is 2.23. The van der Waals surface area contributed by atoms with Crippen LogP contribution in [0.15, 0.2) is 29.8 Å². The Balaban J connectivity index is 1.93. The average molecular weight is 367 g/mol. The van der Waals surface area contributed by atoms with E-state index in [1.54, 1.807) is 19.2 Å². The van der Waals surface area contributed by atoms with Gasteiger partial charge in [-0.2, -0.15) is 0 Å². The first-order valence-electron chi connectivity index (χ1n) is 8.04. The van der Waals surface area contributed by atoms with Gasteiger partial charge in [-0.25, -0.2) is 4.98 Å². The van der Waals surface area contributed by atoms with E-state index in [9.17, 15) is 14.9 Å². The van der Waals surface area contributed by atoms with Crippen molar-refractivity contribution in [2.24, 2.45) is 5.92 Å². The summed E-state index contributed by atoms with van der Waals surface area (Å²) in [6, 6.07) is 3.54. The van der Waals surface area contributed by atoms with E-state index in [0.29, 0.717) is 37.0 Å². The molecular formula is C16H19ClN4O4. The lowest BCUT2D eigenvalue weighted by atomic mass is 9.98. The summed E-state index contributed by atoms with van der Waals surface area (Å²) in [5.41, 5.74) is 1.08. The van der Waals surface area contributed by atoms with Crippen molar-refractivity contribution in [2.45, 2.75) is 33.0 Å². The summed E-state index contributed by atoms with van der Waals surface area (Å²) in [6.45, 7) is 4.80. The lowest BCUT2D eigenvalue weighted by Crippen LogP contribution is -2.44. The van der Waals surface area contributed by atoms with Gasteiger partial charge in [0.1, 0.15) is 5.15 Å². The molecule has 0 spiro atoms. The van der Waals surface area contributed by atoms with Gasteiger partial charge >= 0.3 is 5.97 Å². The fourth-order valence-electron chi connectivity index (χ4n) is 3.41. The van der Waals surface area contributed by atoms with Crippen molar-refractivity contribution in [3.63, 3.8) is 0 Å². The Bertz CT molecular complexity index is 721. The SMILES string of the molecule is CC(=O)OC1CC(C)C([N+](=O)[O-])=C2N(Cc3ccc(Cl)nc3)CCN21. The maximum Gasteiger partial charge on any atom is 0.304 e. The van der Waals surface area contributed by atoms with Gasteiger partial charge < -0.3 is 14.5 Å². The molecule has 2 aliphatic heterocycles. The highest BCUT2D eigenvalue weighted by atomic mass is 35.5. The van der Waals surface area contributed by atoms with Gasteiger partial charge in [0.15, 0.2) is 12.0 Å². The smallest absolute Gasteiger partial charge is 0.304 e. The molecule has 0 radical (unpaired) electrons. The molecule has 3 heterocycles. The molecule has 1 aromatic rings. The van der Waals surface area contributed by atoms with Crippen molar-refractivity contribution in [1.82, 2.24) is 14.8 Å². The van der Waals surface area contributed by atoms with E-state index in [0.717, 1.165) is 5.56 Å². The van der Waals surface area contributed by atoms with Crippen LogP contribution in [0.25, 0.3) is 0 Å². The highest BCUT2D eigenvalue weighted by molar-refractivity contribution is 6.29. The molecular weight excluding hydrogens is 348 g/mol. The molecule has 0 N–H and O–H groups in total. The maximum absolute atomic E-state index is 11.6. The molecule has 0 aromatic carbocycles. The number of pyridine rings is 1. The van der Waals surface area contributed by atoms with Crippen LogP contribution in [0.5, 0.6) is 0 Å². The Hall–Kier alpha value is -2.35. The molecule has 0 aliphatic carbocycles. The van der Waals surface area contributed by atoms with Gasteiger partial charge in [-0.3, -0.25) is 14.9 Å². The zero-order valence-electron chi connectivity index (χ0n) is 14.0. The number of esters is 1.